The van der Waals surface area contributed by atoms with E-state index in [4.69, 9.17) is 5.11 Å². The molecule has 0 saturated heterocycles. The summed E-state index contributed by atoms with van der Waals surface area (Å²) in [7, 11) is 0. The lowest BCUT2D eigenvalue weighted by atomic mass is 10.1. The number of aliphatic hydroxyl groups excluding tert-OH is 1. The van der Waals surface area contributed by atoms with Crippen molar-refractivity contribution in [2.75, 3.05) is 19.6 Å². The summed E-state index contributed by atoms with van der Waals surface area (Å²) in [4.78, 5) is 11.2. The monoisotopic (exact) mass is 277 g/mol. The third-order valence-electron chi connectivity index (χ3n) is 2.38. The van der Waals surface area contributed by atoms with Crippen LogP contribution in [0.25, 0.3) is 0 Å². The van der Waals surface area contributed by atoms with Crippen LogP contribution in [-0.4, -0.2) is 46.9 Å². The molecule has 2 N–H and O–H groups in total. The van der Waals surface area contributed by atoms with Crippen LogP contribution in [0.15, 0.2) is 30.3 Å². The van der Waals surface area contributed by atoms with Gasteiger partial charge in [0.25, 0.3) is 0 Å². The molecule has 0 amide bonds. The Morgan fingerprint density at radius 3 is 2.32 bits per heavy atom. The highest BCUT2D eigenvalue weighted by molar-refractivity contribution is 5.69. The molecule has 0 spiro atoms. The Hall–Kier alpha value is -1.60. The minimum Gasteiger partial charge on any atom is -0.480 e. The van der Waals surface area contributed by atoms with Crippen LogP contribution in [-0.2, 0) is 4.79 Å². The zero-order valence-electron chi connectivity index (χ0n) is 9.97. The Kier molecular flexibility index (Phi) is 5.31. The third-order valence-corrected chi connectivity index (χ3v) is 2.38. The Labute approximate surface area is 108 Å². The molecule has 0 bridgehead atoms. The Bertz CT molecular complexity index is 408. The molecule has 7 heteroatoms. The number of aliphatic hydroxyl groups is 1. The molecule has 1 aromatic rings. The largest absolute Gasteiger partial charge is 0.480 e. The summed E-state index contributed by atoms with van der Waals surface area (Å²) in [6.07, 6.45) is -5.67. The molecule has 1 rings (SSSR count). The maximum absolute atomic E-state index is 12.3. The van der Waals surface area contributed by atoms with Crippen molar-refractivity contribution in [3.63, 3.8) is 0 Å². The van der Waals surface area contributed by atoms with Gasteiger partial charge in [-0.1, -0.05) is 30.3 Å². The van der Waals surface area contributed by atoms with E-state index in [0.717, 1.165) is 0 Å². The molecule has 0 fully saturated rings. The van der Waals surface area contributed by atoms with E-state index in [2.05, 4.69) is 0 Å². The highest BCUT2D eigenvalue weighted by Gasteiger charge is 2.32. The molecule has 0 aliphatic carbocycles. The van der Waals surface area contributed by atoms with Crippen molar-refractivity contribution >= 4 is 5.97 Å². The second-order valence-corrected chi connectivity index (χ2v) is 4.11. The topological polar surface area (TPSA) is 60.8 Å². The van der Waals surface area contributed by atoms with E-state index in [1.165, 1.54) is 0 Å². The predicted octanol–water partition coefficient (Wildman–Crippen LogP) is 1.67. The molecule has 0 aromatic heterocycles. The SMILES string of the molecule is O=C(O)CN(CC(O)c1ccccc1)CC(F)(F)F. The van der Waals surface area contributed by atoms with Crippen LogP contribution in [0.4, 0.5) is 13.2 Å². The highest BCUT2D eigenvalue weighted by atomic mass is 19.4. The molecular formula is C12H14F3NO3. The lowest BCUT2D eigenvalue weighted by Gasteiger charge is -2.24. The summed E-state index contributed by atoms with van der Waals surface area (Å²) in [6, 6.07) is 8.13. The summed E-state index contributed by atoms with van der Waals surface area (Å²) in [5, 5.41) is 18.4. The minimum atomic E-state index is -4.51. The van der Waals surface area contributed by atoms with Crippen LogP contribution in [0.2, 0.25) is 0 Å². The zero-order chi connectivity index (χ0) is 14.5. The molecule has 0 aliphatic heterocycles. The fourth-order valence-electron chi connectivity index (χ4n) is 1.66. The van der Waals surface area contributed by atoms with Crippen LogP contribution in [0, 0.1) is 0 Å². The average molecular weight is 277 g/mol. The van der Waals surface area contributed by atoms with Crippen molar-refractivity contribution in [2.24, 2.45) is 0 Å². The molecule has 106 valence electrons. The van der Waals surface area contributed by atoms with Gasteiger partial charge in [0.2, 0.25) is 0 Å². The van der Waals surface area contributed by atoms with Gasteiger partial charge in [-0.15, -0.1) is 0 Å². The first-order valence-corrected chi connectivity index (χ1v) is 5.52. The zero-order valence-corrected chi connectivity index (χ0v) is 9.97. The molecule has 19 heavy (non-hydrogen) atoms. The molecular weight excluding hydrogens is 263 g/mol. The van der Waals surface area contributed by atoms with Crippen LogP contribution in [0.5, 0.6) is 0 Å². The number of carboxylic acids is 1. The fraction of sp³-hybridized carbons (Fsp3) is 0.417. The fourth-order valence-corrected chi connectivity index (χ4v) is 1.66. The summed E-state index contributed by atoms with van der Waals surface area (Å²) >= 11 is 0. The number of benzene rings is 1. The van der Waals surface area contributed by atoms with Crippen LogP contribution >= 0.6 is 0 Å². The Morgan fingerprint density at radius 1 is 1.26 bits per heavy atom. The smallest absolute Gasteiger partial charge is 0.401 e. The first-order chi connectivity index (χ1) is 8.78. The molecule has 0 saturated carbocycles. The van der Waals surface area contributed by atoms with E-state index >= 15 is 0 Å². The first kappa shape index (κ1) is 15.5. The minimum absolute atomic E-state index is 0.393. The summed E-state index contributed by atoms with van der Waals surface area (Å²) in [6.45, 7) is -2.54. The summed E-state index contributed by atoms with van der Waals surface area (Å²) in [5.41, 5.74) is 0.445. The maximum Gasteiger partial charge on any atom is 0.401 e. The second-order valence-electron chi connectivity index (χ2n) is 4.11. The summed E-state index contributed by atoms with van der Waals surface area (Å²) < 4.78 is 36.9. The number of aliphatic carboxylic acids is 1. The lowest BCUT2D eigenvalue weighted by Crippen LogP contribution is -2.40. The average Bonchev–Trinajstić information content (AvgIpc) is 2.26. The summed E-state index contributed by atoms with van der Waals surface area (Å²) in [5.74, 6) is -1.37. The maximum atomic E-state index is 12.3. The van der Waals surface area contributed by atoms with Crippen molar-refractivity contribution in [3.8, 4) is 0 Å². The first-order valence-electron chi connectivity index (χ1n) is 5.52. The standard InChI is InChI=1S/C12H14F3NO3/c13-12(14,15)8-16(7-11(18)19)6-10(17)9-4-2-1-3-5-9/h1-5,10,17H,6-8H2,(H,18,19). The molecule has 1 atom stereocenters. The highest BCUT2D eigenvalue weighted by Crippen LogP contribution is 2.19. The van der Waals surface area contributed by atoms with Crippen molar-refractivity contribution in [2.45, 2.75) is 12.3 Å². The second kappa shape index (κ2) is 6.53. The lowest BCUT2D eigenvalue weighted by molar-refractivity contribution is -0.156. The van der Waals surface area contributed by atoms with Gasteiger partial charge in [-0.3, -0.25) is 9.69 Å². The van der Waals surface area contributed by atoms with Gasteiger partial charge >= 0.3 is 12.1 Å². The number of hydrogen-bond donors (Lipinski definition) is 2. The molecule has 0 aliphatic rings. The quantitative estimate of drug-likeness (QED) is 0.830. The Balaban J connectivity index is 2.68. The van der Waals surface area contributed by atoms with Gasteiger partial charge in [-0.05, 0) is 5.56 Å². The van der Waals surface area contributed by atoms with Gasteiger partial charge in [0.15, 0.2) is 0 Å². The number of carboxylic acid groups (broad SMARTS) is 1. The van der Waals surface area contributed by atoms with Gasteiger partial charge in [0.05, 0.1) is 19.2 Å². The molecule has 4 nitrogen and oxygen atoms in total. The van der Waals surface area contributed by atoms with E-state index in [0.29, 0.717) is 10.5 Å². The van der Waals surface area contributed by atoms with Gasteiger partial charge in [0, 0.05) is 6.54 Å². The van der Waals surface area contributed by atoms with Crippen molar-refractivity contribution in [3.05, 3.63) is 35.9 Å². The van der Waals surface area contributed by atoms with E-state index < -0.39 is 37.9 Å². The third kappa shape index (κ3) is 6.21. The normalized spacial score (nSPS) is 13.5. The predicted molar refractivity (Wildman–Crippen MR) is 61.5 cm³/mol. The number of hydrogen-bond acceptors (Lipinski definition) is 3. The molecule has 0 heterocycles. The Morgan fingerprint density at radius 2 is 1.84 bits per heavy atom. The van der Waals surface area contributed by atoms with Gasteiger partial charge in [-0.2, -0.15) is 13.2 Å². The van der Waals surface area contributed by atoms with E-state index in [9.17, 15) is 23.1 Å². The van der Waals surface area contributed by atoms with Gasteiger partial charge < -0.3 is 10.2 Å². The number of carbonyl (C=O) groups is 1. The van der Waals surface area contributed by atoms with Crippen molar-refractivity contribution in [1.29, 1.82) is 0 Å². The van der Waals surface area contributed by atoms with E-state index in [1.54, 1.807) is 30.3 Å². The molecule has 0 radical (unpaired) electrons. The van der Waals surface area contributed by atoms with Gasteiger partial charge in [0.1, 0.15) is 0 Å². The molecule has 1 unspecified atom stereocenters. The van der Waals surface area contributed by atoms with Crippen molar-refractivity contribution in [1.82, 2.24) is 4.90 Å². The number of nitrogens with zero attached hydrogens (tertiary/aromatic N) is 1. The van der Waals surface area contributed by atoms with Crippen LogP contribution in [0.3, 0.4) is 0 Å². The van der Waals surface area contributed by atoms with E-state index in [-0.39, 0.29) is 0 Å². The number of rotatable bonds is 6. The number of alkyl halides is 3. The van der Waals surface area contributed by atoms with Crippen molar-refractivity contribution < 1.29 is 28.2 Å². The van der Waals surface area contributed by atoms with Crippen LogP contribution < -0.4 is 0 Å². The van der Waals surface area contributed by atoms with Gasteiger partial charge in [-0.25, -0.2) is 0 Å². The van der Waals surface area contributed by atoms with E-state index in [1.807, 2.05) is 0 Å². The number of halogens is 3. The van der Waals surface area contributed by atoms with Crippen LogP contribution in [0.1, 0.15) is 11.7 Å². The molecule has 1 aromatic carbocycles.